The molecule has 0 saturated carbocycles. The molecule has 3 rings (SSSR count). The summed E-state index contributed by atoms with van der Waals surface area (Å²) < 4.78 is 0. The van der Waals surface area contributed by atoms with Gasteiger partial charge in [0.25, 0.3) is 11.5 Å². The molecule has 0 spiro atoms. The average molecular weight is 300 g/mol. The van der Waals surface area contributed by atoms with Crippen molar-refractivity contribution < 1.29 is 4.79 Å². The minimum atomic E-state index is -0.668. The first kappa shape index (κ1) is 14.1. The number of aromatic nitrogens is 2. The van der Waals surface area contributed by atoms with Gasteiger partial charge in [-0.2, -0.15) is 0 Å². The van der Waals surface area contributed by atoms with Crippen molar-refractivity contribution in [2.75, 3.05) is 31.1 Å². The Balaban J connectivity index is 1.70. The highest BCUT2D eigenvalue weighted by Crippen LogP contribution is 2.16. The van der Waals surface area contributed by atoms with Gasteiger partial charge in [-0.05, 0) is 12.1 Å². The number of hydrogen-bond donors (Lipinski definition) is 2. The van der Waals surface area contributed by atoms with Gasteiger partial charge in [0.15, 0.2) is 0 Å². The second-order valence-electron chi connectivity index (χ2n) is 5.12. The van der Waals surface area contributed by atoms with E-state index in [4.69, 9.17) is 0 Å². The van der Waals surface area contributed by atoms with Crippen molar-refractivity contribution in [3.05, 3.63) is 62.9 Å². The third-order valence-electron chi connectivity index (χ3n) is 3.68. The molecule has 2 N–H and O–H groups in total. The fourth-order valence-corrected chi connectivity index (χ4v) is 2.56. The number of rotatable bonds is 2. The lowest BCUT2D eigenvalue weighted by Gasteiger charge is -2.36. The standard InChI is InChI=1S/C15H16N4O3/c20-13-10-12(16-15(22)17-13)14(21)19-8-6-18(7-9-19)11-4-2-1-3-5-11/h1-5,10H,6-9H2,(H2,16,17,20,22). The van der Waals surface area contributed by atoms with Gasteiger partial charge in [-0.25, -0.2) is 4.79 Å². The van der Waals surface area contributed by atoms with E-state index in [0.717, 1.165) is 11.8 Å². The van der Waals surface area contributed by atoms with Crippen LogP contribution in [0.3, 0.4) is 0 Å². The largest absolute Gasteiger partial charge is 0.368 e. The van der Waals surface area contributed by atoms with Gasteiger partial charge in [-0.15, -0.1) is 0 Å². The van der Waals surface area contributed by atoms with Gasteiger partial charge in [0, 0.05) is 37.9 Å². The molecule has 0 atom stereocenters. The number of anilines is 1. The molecule has 1 saturated heterocycles. The van der Waals surface area contributed by atoms with Crippen LogP contribution in [0.2, 0.25) is 0 Å². The number of carbonyl (C=O) groups is 1. The summed E-state index contributed by atoms with van der Waals surface area (Å²) in [6.07, 6.45) is 0. The van der Waals surface area contributed by atoms with E-state index in [1.807, 2.05) is 30.3 Å². The van der Waals surface area contributed by atoms with Crippen molar-refractivity contribution in [3.8, 4) is 0 Å². The summed E-state index contributed by atoms with van der Waals surface area (Å²) in [6.45, 7) is 2.51. The summed E-state index contributed by atoms with van der Waals surface area (Å²) >= 11 is 0. The molecule has 1 aliphatic rings. The molecule has 114 valence electrons. The quantitative estimate of drug-likeness (QED) is 0.818. The lowest BCUT2D eigenvalue weighted by molar-refractivity contribution is 0.0740. The second kappa shape index (κ2) is 5.88. The minimum Gasteiger partial charge on any atom is -0.368 e. The fraction of sp³-hybridized carbons (Fsp3) is 0.267. The molecule has 0 unspecified atom stereocenters. The van der Waals surface area contributed by atoms with Crippen LogP contribution in [0.1, 0.15) is 10.5 Å². The number of para-hydroxylation sites is 1. The molecular weight excluding hydrogens is 284 g/mol. The molecule has 1 aliphatic heterocycles. The van der Waals surface area contributed by atoms with Crippen LogP contribution in [0.15, 0.2) is 46.0 Å². The maximum Gasteiger partial charge on any atom is 0.326 e. The van der Waals surface area contributed by atoms with Gasteiger partial charge in [-0.1, -0.05) is 18.2 Å². The van der Waals surface area contributed by atoms with E-state index in [0.29, 0.717) is 26.2 Å². The summed E-state index contributed by atoms with van der Waals surface area (Å²) in [5.74, 6) is -0.323. The molecule has 0 radical (unpaired) electrons. The maximum atomic E-state index is 12.3. The number of benzene rings is 1. The molecule has 2 aromatic rings. The summed E-state index contributed by atoms with van der Waals surface area (Å²) in [4.78, 5) is 43.1. The summed E-state index contributed by atoms with van der Waals surface area (Å²) in [6, 6.07) is 11.1. The normalized spacial score (nSPS) is 14.9. The van der Waals surface area contributed by atoms with E-state index < -0.39 is 11.2 Å². The highest BCUT2D eigenvalue weighted by atomic mass is 16.2. The average Bonchev–Trinajstić information content (AvgIpc) is 2.54. The Morgan fingerprint density at radius 2 is 1.64 bits per heavy atom. The lowest BCUT2D eigenvalue weighted by Crippen LogP contribution is -2.49. The summed E-state index contributed by atoms with van der Waals surface area (Å²) in [7, 11) is 0. The molecule has 22 heavy (non-hydrogen) atoms. The molecule has 1 amide bonds. The third kappa shape index (κ3) is 2.93. The Bertz CT molecular complexity index is 745. The molecule has 0 bridgehead atoms. The molecule has 1 fully saturated rings. The van der Waals surface area contributed by atoms with Crippen LogP contribution >= 0.6 is 0 Å². The van der Waals surface area contributed by atoms with Crippen LogP contribution in [-0.2, 0) is 0 Å². The Morgan fingerprint density at radius 1 is 0.955 bits per heavy atom. The first-order valence-corrected chi connectivity index (χ1v) is 7.06. The number of amides is 1. The van der Waals surface area contributed by atoms with E-state index in [9.17, 15) is 14.4 Å². The molecular formula is C15H16N4O3. The zero-order valence-electron chi connectivity index (χ0n) is 11.9. The van der Waals surface area contributed by atoms with Crippen LogP contribution in [0.5, 0.6) is 0 Å². The fourth-order valence-electron chi connectivity index (χ4n) is 2.56. The van der Waals surface area contributed by atoms with E-state index in [-0.39, 0.29) is 11.6 Å². The molecule has 0 aliphatic carbocycles. The Morgan fingerprint density at radius 3 is 2.27 bits per heavy atom. The lowest BCUT2D eigenvalue weighted by atomic mass is 10.2. The van der Waals surface area contributed by atoms with Crippen LogP contribution < -0.4 is 16.1 Å². The van der Waals surface area contributed by atoms with E-state index >= 15 is 0 Å². The monoisotopic (exact) mass is 300 g/mol. The maximum absolute atomic E-state index is 12.3. The number of aromatic amines is 2. The Kier molecular flexibility index (Phi) is 3.78. The van der Waals surface area contributed by atoms with Gasteiger partial charge >= 0.3 is 5.69 Å². The van der Waals surface area contributed by atoms with E-state index in [2.05, 4.69) is 14.9 Å². The van der Waals surface area contributed by atoms with E-state index in [1.54, 1.807) is 4.90 Å². The SMILES string of the molecule is O=C(c1cc(=O)[nH]c(=O)[nH]1)N1CCN(c2ccccc2)CC1. The van der Waals surface area contributed by atoms with Gasteiger partial charge in [0.05, 0.1) is 0 Å². The third-order valence-corrected chi connectivity index (χ3v) is 3.68. The smallest absolute Gasteiger partial charge is 0.326 e. The van der Waals surface area contributed by atoms with Crippen molar-refractivity contribution in [3.63, 3.8) is 0 Å². The molecule has 1 aromatic heterocycles. The number of hydrogen-bond acceptors (Lipinski definition) is 4. The van der Waals surface area contributed by atoms with Crippen molar-refractivity contribution >= 4 is 11.6 Å². The van der Waals surface area contributed by atoms with Gasteiger partial charge < -0.3 is 14.8 Å². The highest BCUT2D eigenvalue weighted by Gasteiger charge is 2.23. The van der Waals surface area contributed by atoms with Crippen molar-refractivity contribution in [2.24, 2.45) is 0 Å². The minimum absolute atomic E-state index is 0.0295. The second-order valence-corrected chi connectivity index (χ2v) is 5.12. The van der Waals surface area contributed by atoms with Crippen LogP contribution in [-0.4, -0.2) is 47.0 Å². The van der Waals surface area contributed by atoms with Crippen molar-refractivity contribution in [2.45, 2.75) is 0 Å². The number of carbonyl (C=O) groups excluding carboxylic acids is 1. The molecule has 1 aromatic carbocycles. The molecule has 7 nitrogen and oxygen atoms in total. The predicted molar refractivity (Wildman–Crippen MR) is 82.2 cm³/mol. The Labute approximate surface area is 126 Å². The Hall–Kier alpha value is -2.83. The number of nitrogens with zero attached hydrogens (tertiary/aromatic N) is 2. The molecule has 2 heterocycles. The van der Waals surface area contributed by atoms with Crippen molar-refractivity contribution in [1.82, 2.24) is 14.9 Å². The number of nitrogens with one attached hydrogen (secondary N) is 2. The zero-order chi connectivity index (χ0) is 15.5. The highest BCUT2D eigenvalue weighted by molar-refractivity contribution is 5.92. The van der Waals surface area contributed by atoms with Crippen LogP contribution in [0.4, 0.5) is 5.69 Å². The topological polar surface area (TPSA) is 89.3 Å². The van der Waals surface area contributed by atoms with Crippen LogP contribution in [0, 0.1) is 0 Å². The summed E-state index contributed by atoms with van der Waals surface area (Å²) in [5.41, 5.74) is -0.0881. The van der Waals surface area contributed by atoms with Gasteiger partial charge in [0.2, 0.25) is 0 Å². The van der Waals surface area contributed by atoms with Gasteiger partial charge in [-0.3, -0.25) is 14.6 Å². The first-order chi connectivity index (χ1) is 10.6. The van der Waals surface area contributed by atoms with Gasteiger partial charge in [0.1, 0.15) is 5.69 Å². The molecule has 7 heteroatoms. The predicted octanol–water partition coefficient (Wildman–Crippen LogP) is 0.0256. The van der Waals surface area contributed by atoms with E-state index in [1.165, 1.54) is 0 Å². The number of piperazine rings is 1. The number of H-pyrrole nitrogens is 2. The summed E-state index contributed by atoms with van der Waals surface area (Å²) in [5, 5.41) is 0. The van der Waals surface area contributed by atoms with Crippen LogP contribution in [0.25, 0.3) is 0 Å². The first-order valence-electron chi connectivity index (χ1n) is 7.06. The van der Waals surface area contributed by atoms with Crippen molar-refractivity contribution in [1.29, 1.82) is 0 Å². The zero-order valence-corrected chi connectivity index (χ0v) is 11.9.